The third-order valence-corrected chi connectivity index (χ3v) is 4.94. The van der Waals surface area contributed by atoms with Crippen molar-refractivity contribution < 1.29 is 9.18 Å². The number of rotatable bonds is 5. The first-order chi connectivity index (χ1) is 11.7. The first-order valence-electron chi connectivity index (χ1n) is 8.24. The van der Waals surface area contributed by atoms with Crippen molar-refractivity contribution in [3.05, 3.63) is 71.7 Å². The SMILES string of the molecule is O=C(Cc1c[nH]c2ccc(F)cc12)NCC1(c2ccccc2)CC1. The summed E-state index contributed by atoms with van der Waals surface area (Å²) in [5.41, 5.74) is 3.07. The number of aromatic nitrogens is 1. The Morgan fingerprint density at radius 1 is 1.17 bits per heavy atom. The molecule has 1 aliphatic rings. The average Bonchev–Trinajstić information content (AvgIpc) is 3.31. The maximum Gasteiger partial charge on any atom is 0.224 e. The number of carbonyl (C=O) groups is 1. The molecule has 3 nitrogen and oxygen atoms in total. The minimum Gasteiger partial charge on any atom is -0.361 e. The number of hydrogen-bond acceptors (Lipinski definition) is 1. The molecule has 0 aliphatic heterocycles. The Kier molecular flexibility index (Phi) is 3.60. The van der Waals surface area contributed by atoms with Gasteiger partial charge in [-0.3, -0.25) is 4.79 Å². The number of aromatic amines is 1. The lowest BCUT2D eigenvalue weighted by atomic mass is 9.96. The highest BCUT2D eigenvalue weighted by atomic mass is 19.1. The Labute approximate surface area is 139 Å². The number of nitrogens with one attached hydrogen (secondary N) is 2. The van der Waals surface area contributed by atoms with Crippen LogP contribution in [0.15, 0.2) is 54.7 Å². The third kappa shape index (κ3) is 2.80. The Bertz CT molecular complexity index is 881. The van der Waals surface area contributed by atoms with E-state index in [4.69, 9.17) is 0 Å². The summed E-state index contributed by atoms with van der Waals surface area (Å²) in [4.78, 5) is 15.4. The van der Waals surface area contributed by atoms with Crippen LogP contribution in [0.25, 0.3) is 10.9 Å². The lowest BCUT2D eigenvalue weighted by molar-refractivity contribution is -0.120. The Balaban J connectivity index is 1.43. The van der Waals surface area contributed by atoms with E-state index in [1.807, 2.05) is 18.2 Å². The van der Waals surface area contributed by atoms with Gasteiger partial charge >= 0.3 is 0 Å². The van der Waals surface area contributed by atoms with E-state index < -0.39 is 0 Å². The number of fused-ring (bicyclic) bond motifs is 1. The second-order valence-corrected chi connectivity index (χ2v) is 6.60. The third-order valence-electron chi connectivity index (χ3n) is 4.94. The van der Waals surface area contributed by atoms with Crippen molar-refractivity contribution in [2.24, 2.45) is 0 Å². The van der Waals surface area contributed by atoms with E-state index in [0.717, 1.165) is 29.3 Å². The van der Waals surface area contributed by atoms with Gasteiger partial charge in [0.15, 0.2) is 0 Å². The van der Waals surface area contributed by atoms with E-state index >= 15 is 0 Å². The van der Waals surface area contributed by atoms with Crippen LogP contribution in [0.3, 0.4) is 0 Å². The molecule has 2 N–H and O–H groups in total. The van der Waals surface area contributed by atoms with E-state index in [-0.39, 0.29) is 23.6 Å². The van der Waals surface area contributed by atoms with Gasteiger partial charge in [0.05, 0.1) is 6.42 Å². The molecule has 1 fully saturated rings. The molecule has 0 spiro atoms. The molecule has 0 saturated heterocycles. The van der Waals surface area contributed by atoms with Crippen molar-refractivity contribution in [1.82, 2.24) is 10.3 Å². The molecule has 2 aromatic carbocycles. The minimum absolute atomic E-state index is 0.0256. The molecular formula is C20H19FN2O. The zero-order valence-electron chi connectivity index (χ0n) is 13.3. The molecule has 1 aromatic heterocycles. The van der Waals surface area contributed by atoms with Crippen LogP contribution in [0.5, 0.6) is 0 Å². The van der Waals surface area contributed by atoms with Crippen molar-refractivity contribution in [2.75, 3.05) is 6.54 Å². The van der Waals surface area contributed by atoms with E-state index in [9.17, 15) is 9.18 Å². The molecule has 4 rings (SSSR count). The number of H-pyrrole nitrogens is 1. The summed E-state index contributed by atoms with van der Waals surface area (Å²) in [6.07, 6.45) is 4.26. The Morgan fingerprint density at radius 3 is 2.71 bits per heavy atom. The molecule has 3 aromatic rings. The molecule has 4 heteroatoms. The number of hydrogen-bond donors (Lipinski definition) is 2. The second kappa shape index (κ2) is 5.78. The first kappa shape index (κ1) is 14.9. The molecule has 1 amide bonds. The summed E-state index contributed by atoms with van der Waals surface area (Å²) in [5.74, 6) is -0.313. The van der Waals surface area contributed by atoms with Gasteiger partial charge in [-0.2, -0.15) is 0 Å². The van der Waals surface area contributed by atoms with Gasteiger partial charge in [0, 0.05) is 29.1 Å². The lowest BCUT2D eigenvalue weighted by Gasteiger charge is -2.16. The van der Waals surface area contributed by atoms with Crippen LogP contribution >= 0.6 is 0 Å². The fraction of sp³-hybridized carbons (Fsp3) is 0.250. The molecule has 1 heterocycles. The minimum atomic E-state index is -0.287. The van der Waals surface area contributed by atoms with E-state index in [1.54, 1.807) is 12.3 Å². The molecular weight excluding hydrogens is 303 g/mol. The normalized spacial score (nSPS) is 15.4. The van der Waals surface area contributed by atoms with Crippen molar-refractivity contribution >= 4 is 16.8 Å². The molecule has 122 valence electrons. The van der Waals surface area contributed by atoms with Crippen molar-refractivity contribution in [3.8, 4) is 0 Å². The topological polar surface area (TPSA) is 44.9 Å². The van der Waals surface area contributed by atoms with Crippen LogP contribution in [-0.2, 0) is 16.6 Å². The maximum absolute atomic E-state index is 13.4. The summed E-state index contributed by atoms with van der Waals surface area (Å²) in [6.45, 7) is 0.659. The summed E-state index contributed by atoms with van der Waals surface area (Å²) in [7, 11) is 0. The van der Waals surface area contributed by atoms with Gasteiger partial charge in [0.2, 0.25) is 5.91 Å². The second-order valence-electron chi connectivity index (χ2n) is 6.60. The average molecular weight is 322 g/mol. The van der Waals surface area contributed by atoms with Gasteiger partial charge in [-0.25, -0.2) is 4.39 Å². The van der Waals surface area contributed by atoms with Crippen molar-refractivity contribution in [3.63, 3.8) is 0 Å². The number of carbonyl (C=O) groups excluding carboxylic acids is 1. The highest BCUT2D eigenvalue weighted by Crippen LogP contribution is 2.47. The van der Waals surface area contributed by atoms with Gasteiger partial charge < -0.3 is 10.3 Å². The molecule has 24 heavy (non-hydrogen) atoms. The van der Waals surface area contributed by atoms with Crippen molar-refractivity contribution in [1.29, 1.82) is 0 Å². The fourth-order valence-corrected chi connectivity index (χ4v) is 3.31. The predicted octanol–water partition coefficient (Wildman–Crippen LogP) is 3.70. The quantitative estimate of drug-likeness (QED) is 0.739. The molecule has 0 unspecified atom stereocenters. The predicted molar refractivity (Wildman–Crippen MR) is 92.3 cm³/mol. The van der Waals surface area contributed by atoms with Gasteiger partial charge in [0.25, 0.3) is 0 Å². The highest BCUT2D eigenvalue weighted by Gasteiger charge is 2.44. The lowest BCUT2D eigenvalue weighted by Crippen LogP contribution is -2.33. The van der Waals surface area contributed by atoms with E-state index in [2.05, 4.69) is 22.4 Å². The molecule has 1 saturated carbocycles. The standard InChI is InChI=1S/C20H19FN2O/c21-16-6-7-18-17(11-16)14(12-22-18)10-19(24)23-13-20(8-9-20)15-4-2-1-3-5-15/h1-7,11-12,22H,8-10,13H2,(H,23,24). The van der Waals surface area contributed by atoms with E-state index in [0.29, 0.717) is 6.54 Å². The van der Waals surface area contributed by atoms with Gasteiger partial charge in [0.1, 0.15) is 5.82 Å². The summed E-state index contributed by atoms with van der Waals surface area (Å²) >= 11 is 0. The molecule has 0 bridgehead atoms. The van der Waals surface area contributed by atoms with Crippen LogP contribution in [0.4, 0.5) is 4.39 Å². The van der Waals surface area contributed by atoms with Gasteiger partial charge in [-0.15, -0.1) is 0 Å². The zero-order chi connectivity index (χ0) is 16.6. The summed E-state index contributed by atoms with van der Waals surface area (Å²) in [5, 5.41) is 3.83. The summed E-state index contributed by atoms with van der Waals surface area (Å²) < 4.78 is 13.4. The van der Waals surface area contributed by atoms with Crippen LogP contribution in [0.2, 0.25) is 0 Å². The first-order valence-corrected chi connectivity index (χ1v) is 8.24. The smallest absolute Gasteiger partial charge is 0.224 e. The van der Waals surface area contributed by atoms with Crippen LogP contribution in [0, 0.1) is 5.82 Å². The number of halogens is 1. The highest BCUT2D eigenvalue weighted by molar-refractivity contribution is 5.89. The molecule has 0 radical (unpaired) electrons. The zero-order valence-corrected chi connectivity index (χ0v) is 13.3. The molecule has 1 aliphatic carbocycles. The van der Waals surface area contributed by atoms with Gasteiger partial charge in [-0.1, -0.05) is 30.3 Å². The maximum atomic E-state index is 13.4. The largest absolute Gasteiger partial charge is 0.361 e. The number of amides is 1. The van der Waals surface area contributed by atoms with Crippen LogP contribution in [0.1, 0.15) is 24.0 Å². The summed E-state index contributed by atoms with van der Waals surface area (Å²) in [6, 6.07) is 14.9. The molecule has 0 atom stereocenters. The van der Waals surface area contributed by atoms with Crippen LogP contribution in [-0.4, -0.2) is 17.4 Å². The fourth-order valence-electron chi connectivity index (χ4n) is 3.31. The Hall–Kier alpha value is -2.62. The van der Waals surface area contributed by atoms with Crippen LogP contribution < -0.4 is 5.32 Å². The monoisotopic (exact) mass is 322 g/mol. The van der Waals surface area contributed by atoms with E-state index in [1.165, 1.54) is 17.7 Å². The number of benzene rings is 2. The van der Waals surface area contributed by atoms with Gasteiger partial charge in [-0.05, 0) is 42.2 Å². The van der Waals surface area contributed by atoms with Crippen molar-refractivity contribution in [2.45, 2.75) is 24.7 Å². The Morgan fingerprint density at radius 2 is 1.96 bits per heavy atom.